The molecule has 2 amide bonds. The van der Waals surface area contributed by atoms with Crippen molar-refractivity contribution in [2.24, 2.45) is 0 Å². The first-order chi connectivity index (χ1) is 9.59. The Balaban J connectivity index is 1.95. The van der Waals surface area contributed by atoms with Gasteiger partial charge >= 0.3 is 0 Å². The molecule has 104 valence electrons. The van der Waals surface area contributed by atoms with E-state index >= 15 is 0 Å². The van der Waals surface area contributed by atoms with Crippen molar-refractivity contribution in [3.8, 4) is 0 Å². The number of nitro benzene ring substituents is 1. The predicted octanol–water partition coefficient (Wildman–Crippen LogP) is 1.37. The fraction of sp³-hybridized carbons (Fsp3) is 0.385. The molecule has 2 aliphatic rings. The van der Waals surface area contributed by atoms with Crippen LogP contribution in [0.1, 0.15) is 33.6 Å². The van der Waals surface area contributed by atoms with Crippen molar-refractivity contribution in [3.63, 3.8) is 0 Å². The zero-order chi connectivity index (χ0) is 14.3. The number of hydrogen-bond acceptors (Lipinski definition) is 5. The smallest absolute Gasteiger partial charge is 0.282 e. The fourth-order valence-electron chi connectivity index (χ4n) is 2.63. The molecule has 0 N–H and O–H groups in total. The van der Waals surface area contributed by atoms with E-state index < -0.39 is 16.7 Å². The van der Waals surface area contributed by atoms with Crippen LogP contribution in [0, 0.1) is 10.1 Å². The summed E-state index contributed by atoms with van der Waals surface area (Å²) in [5, 5.41) is 11.0. The number of imide groups is 1. The van der Waals surface area contributed by atoms with E-state index in [2.05, 4.69) is 0 Å². The molecule has 0 bridgehead atoms. The maximum Gasteiger partial charge on any atom is 0.282 e. The van der Waals surface area contributed by atoms with Crippen molar-refractivity contribution in [3.05, 3.63) is 39.4 Å². The van der Waals surface area contributed by atoms with E-state index in [1.165, 1.54) is 18.2 Å². The van der Waals surface area contributed by atoms with E-state index in [1.807, 2.05) is 0 Å². The molecular formula is C13H12N2O5. The Hall–Kier alpha value is -2.28. The zero-order valence-corrected chi connectivity index (χ0v) is 10.6. The van der Waals surface area contributed by atoms with Gasteiger partial charge in [-0.2, -0.15) is 0 Å². The third kappa shape index (κ3) is 1.87. The van der Waals surface area contributed by atoms with Gasteiger partial charge in [0.1, 0.15) is 5.56 Å². The summed E-state index contributed by atoms with van der Waals surface area (Å²) in [4.78, 5) is 35.8. The molecule has 1 fully saturated rings. The number of hydrogen-bond donors (Lipinski definition) is 0. The molecule has 0 aliphatic carbocycles. The lowest BCUT2D eigenvalue weighted by atomic mass is 10.1. The lowest BCUT2D eigenvalue weighted by Gasteiger charge is -2.17. The van der Waals surface area contributed by atoms with Gasteiger partial charge in [-0.25, -0.2) is 0 Å². The first-order valence-electron chi connectivity index (χ1n) is 6.35. The van der Waals surface area contributed by atoms with Crippen LogP contribution in [0.2, 0.25) is 0 Å². The molecule has 1 saturated heterocycles. The Morgan fingerprint density at radius 3 is 2.80 bits per heavy atom. The molecule has 0 spiro atoms. The number of nitro groups is 1. The van der Waals surface area contributed by atoms with Gasteiger partial charge in [-0.1, -0.05) is 6.07 Å². The molecule has 7 nitrogen and oxygen atoms in total. The summed E-state index contributed by atoms with van der Waals surface area (Å²) >= 11 is 0. The standard InChI is InChI=1S/C13H12N2O5/c16-12-9-4-1-5-10(15(18)19)11(9)13(17)14(12)7-8-3-2-6-20-8/h1,4-5,8H,2-3,6-7H2. The molecule has 1 unspecified atom stereocenters. The van der Waals surface area contributed by atoms with Crippen LogP contribution in [0.3, 0.4) is 0 Å². The molecule has 1 aromatic carbocycles. The van der Waals surface area contributed by atoms with E-state index in [4.69, 9.17) is 4.74 Å². The largest absolute Gasteiger partial charge is 0.376 e. The van der Waals surface area contributed by atoms with Gasteiger partial charge in [0.2, 0.25) is 0 Å². The second kappa shape index (κ2) is 4.68. The number of carbonyl (C=O) groups is 2. The zero-order valence-electron chi connectivity index (χ0n) is 10.6. The third-order valence-electron chi connectivity index (χ3n) is 3.58. The van der Waals surface area contributed by atoms with Crippen molar-refractivity contribution < 1.29 is 19.2 Å². The predicted molar refractivity (Wildman–Crippen MR) is 67.4 cm³/mol. The number of amides is 2. The van der Waals surface area contributed by atoms with Crippen molar-refractivity contribution >= 4 is 17.5 Å². The maximum atomic E-state index is 12.3. The summed E-state index contributed by atoms with van der Waals surface area (Å²) in [5.74, 6) is -1.09. The highest BCUT2D eigenvalue weighted by Crippen LogP contribution is 2.31. The van der Waals surface area contributed by atoms with E-state index in [-0.39, 0.29) is 29.5 Å². The van der Waals surface area contributed by atoms with Crippen molar-refractivity contribution in [1.29, 1.82) is 0 Å². The van der Waals surface area contributed by atoms with Gasteiger partial charge in [-0.15, -0.1) is 0 Å². The highest BCUT2D eigenvalue weighted by atomic mass is 16.6. The SMILES string of the molecule is O=C1c2cccc([N+](=O)[O-])c2C(=O)N1CC1CCCO1. The van der Waals surface area contributed by atoms with Crippen LogP contribution in [0.4, 0.5) is 5.69 Å². The number of carbonyl (C=O) groups excluding carboxylic acids is 2. The van der Waals surface area contributed by atoms with Gasteiger partial charge in [-0.3, -0.25) is 24.6 Å². The maximum absolute atomic E-state index is 12.3. The minimum absolute atomic E-state index is 0.0993. The Bertz CT molecular complexity index is 607. The molecule has 0 aromatic heterocycles. The Morgan fingerprint density at radius 2 is 2.15 bits per heavy atom. The van der Waals surface area contributed by atoms with Crippen LogP contribution >= 0.6 is 0 Å². The topological polar surface area (TPSA) is 89.8 Å². The number of rotatable bonds is 3. The number of nitrogens with zero attached hydrogens (tertiary/aromatic N) is 2. The average Bonchev–Trinajstić information content (AvgIpc) is 3.02. The van der Waals surface area contributed by atoms with E-state index in [0.717, 1.165) is 17.7 Å². The van der Waals surface area contributed by atoms with Crippen LogP contribution in [0.5, 0.6) is 0 Å². The molecule has 0 saturated carbocycles. The first-order valence-corrected chi connectivity index (χ1v) is 6.35. The van der Waals surface area contributed by atoms with Crippen LogP contribution in [-0.4, -0.2) is 40.9 Å². The second-order valence-electron chi connectivity index (χ2n) is 4.81. The van der Waals surface area contributed by atoms with E-state index in [1.54, 1.807) is 0 Å². The molecule has 2 aliphatic heterocycles. The third-order valence-corrected chi connectivity index (χ3v) is 3.58. The molecule has 1 atom stereocenters. The lowest BCUT2D eigenvalue weighted by molar-refractivity contribution is -0.385. The number of benzene rings is 1. The number of ether oxygens (including phenoxy) is 1. The first kappa shape index (κ1) is 12.7. The number of fused-ring (bicyclic) bond motifs is 1. The fourth-order valence-corrected chi connectivity index (χ4v) is 2.63. The minimum Gasteiger partial charge on any atom is -0.376 e. The second-order valence-corrected chi connectivity index (χ2v) is 4.81. The summed E-state index contributed by atoms with van der Waals surface area (Å²) in [6.45, 7) is 0.775. The van der Waals surface area contributed by atoms with Crippen LogP contribution in [0.25, 0.3) is 0 Å². The Morgan fingerprint density at radius 1 is 1.35 bits per heavy atom. The molecule has 2 heterocycles. The van der Waals surface area contributed by atoms with E-state index in [9.17, 15) is 19.7 Å². The van der Waals surface area contributed by atoms with Crippen molar-refractivity contribution in [1.82, 2.24) is 4.90 Å². The van der Waals surface area contributed by atoms with Crippen molar-refractivity contribution in [2.75, 3.05) is 13.2 Å². The average molecular weight is 276 g/mol. The summed E-state index contributed by atoms with van der Waals surface area (Å²) < 4.78 is 5.41. The van der Waals surface area contributed by atoms with Gasteiger partial charge in [0.25, 0.3) is 17.5 Å². The molecule has 1 aromatic rings. The monoisotopic (exact) mass is 276 g/mol. The van der Waals surface area contributed by atoms with Gasteiger partial charge < -0.3 is 4.74 Å². The van der Waals surface area contributed by atoms with Crippen LogP contribution in [-0.2, 0) is 4.74 Å². The summed E-state index contributed by atoms with van der Waals surface area (Å²) in [6.07, 6.45) is 1.51. The lowest BCUT2D eigenvalue weighted by Crippen LogP contribution is -2.36. The van der Waals surface area contributed by atoms with Gasteiger partial charge in [0, 0.05) is 12.7 Å². The highest BCUT2D eigenvalue weighted by Gasteiger charge is 2.42. The Kier molecular flexibility index (Phi) is 2.98. The van der Waals surface area contributed by atoms with Crippen LogP contribution in [0.15, 0.2) is 18.2 Å². The van der Waals surface area contributed by atoms with Crippen LogP contribution < -0.4 is 0 Å². The molecule has 0 radical (unpaired) electrons. The van der Waals surface area contributed by atoms with Gasteiger partial charge in [0.15, 0.2) is 0 Å². The summed E-state index contributed by atoms with van der Waals surface area (Å²) in [5.41, 5.74) is -0.335. The normalized spacial score (nSPS) is 21.4. The molecule has 20 heavy (non-hydrogen) atoms. The van der Waals surface area contributed by atoms with E-state index in [0.29, 0.717) is 6.61 Å². The molecule has 7 heteroatoms. The quantitative estimate of drug-likeness (QED) is 0.472. The molecule has 3 rings (SSSR count). The Labute approximate surface area is 114 Å². The van der Waals surface area contributed by atoms with Crippen molar-refractivity contribution in [2.45, 2.75) is 18.9 Å². The minimum atomic E-state index is -0.639. The summed E-state index contributed by atoms with van der Waals surface area (Å²) in [6, 6.07) is 4.09. The summed E-state index contributed by atoms with van der Waals surface area (Å²) in [7, 11) is 0. The molecular weight excluding hydrogens is 264 g/mol. The van der Waals surface area contributed by atoms with Gasteiger partial charge in [0.05, 0.1) is 23.1 Å². The van der Waals surface area contributed by atoms with Gasteiger partial charge in [-0.05, 0) is 18.9 Å². The highest BCUT2D eigenvalue weighted by molar-refractivity contribution is 6.23.